The van der Waals surface area contributed by atoms with Crippen molar-refractivity contribution in [3.8, 4) is 17.2 Å². The van der Waals surface area contributed by atoms with Crippen LogP contribution < -0.4 is 24.8 Å². The summed E-state index contributed by atoms with van der Waals surface area (Å²) in [6, 6.07) is 11.0. The first-order valence-corrected chi connectivity index (χ1v) is 9.38. The number of methoxy groups -OCH3 is 3. The summed E-state index contributed by atoms with van der Waals surface area (Å²) in [6.07, 6.45) is 0. The van der Waals surface area contributed by atoms with Gasteiger partial charge < -0.3 is 29.6 Å². The van der Waals surface area contributed by atoms with Crippen molar-refractivity contribution in [2.75, 3.05) is 27.9 Å². The maximum absolute atomic E-state index is 13.0. The summed E-state index contributed by atoms with van der Waals surface area (Å²) in [5.41, 5.74) is 1.82. The number of ether oxygens (including phenoxy) is 4. The van der Waals surface area contributed by atoms with Gasteiger partial charge >= 0.3 is 12.0 Å². The molecule has 0 aliphatic carbocycles. The average Bonchev–Trinajstić information content (AvgIpc) is 2.77. The highest BCUT2D eigenvalue weighted by atomic mass is 16.5. The van der Waals surface area contributed by atoms with E-state index >= 15 is 0 Å². The van der Waals surface area contributed by atoms with Crippen molar-refractivity contribution in [2.45, 2.75) is 13.0 Å². The Morgan fingerprint density at radius 1 is 1.00 bits per heavy atom. The summed E-state index contributed by atoms with van der Waals surface area (Å²) in [4.78, 5) is 25.5. The molecule has 2 N–H and O–H groups in total. The summed E-state index contributed by atoms with van der Waals surface area (Å²) in [5.74, 6) is 1.01. The molecule has 8 heteroatoms. The first kappa shape index (κ1) is 21.0. The predicted molar refractivity (Wildman–Crippen MR) is 111 cm³/mol. The summed E-state index contributed by atoms with van der Waals surface area (Å²) in [7, 11) is 4.59. The van der Waals surface area contributed by atoms with Gasteiger partial charge in [-0.25, -0.2) is 9.59 Å². The second-order valence-electron chi connectivity index (χ2n) is 6.35. The fourth-order valence-electron chi connectivity index (χ4n) is 3.35. The van der Waals surface area contributed by atoms with Crippen LogP contribution in [0.15, 0.2) is 48.0 Å². The van der Waals surface area contributed by atoms with Crippen LogP contribution in [0, 0.1) is 0 Å². The van der Waals surface area contributed by atoms with Gasteiger partial charge in [0.2, 0.25) is 0 Å². The van der Waals surface area contributed by atoms with Crippen LogP contribution in [0.3, 0.4) is 0 Å². The molecule has 0 saturated carbocycles. The molecule has 2 aromatic rings. The smallest absolute Gasteiger partial charge is 0.338 e. The number of esters is 1. The molecular formula is C22H24N2O6. The van der Waals surface area contributed by atoms with Crippen LogP contribution in [-0.2, 0) is 9.53 Å². The molecule has 1 atom stereocenters. The summed E-state index contributed by atoms with van der Waals surface area (Å²) in [5, 5.41) is 5.54. The van der Waals surface area contributed by atoms with E-state index in [1.807, 2.05) is 0 Å². The van der Waals surface area contributed by atoms with E-state index in [-0.39, 0.29) is 12.2 Å². The van der Waals surface area contributed by atoms with Crippen molar-refractivity contribution in [3.05, 3.63) is 59.2 Å². The zero-order chi connectivity index (χ0) is 21.7. The number of para-hydroxylation sites is 1. The third-order valence-electron chi connectivity index (χ3n) is 4.69. The van der Waals surface area contributed by atoms with Crippen LogP contribution in [-0.4, -0.2) is 39.9 Å². The fraction of sp³-hybridized carbons (Fsp3) is 0.273. The number of hydrogen-bond donors (Lipinski definition) is 2. The lowest BCUT2D eigenvalue weighted by Gasteiger charge is -2.30. The van der Waals surface area contributed by atoms with Crippen molar-refractivity contribution in [1.82, 2.24) is 10.6 Å². The number of carbonyl (C=O) groups excluding carboxylic acids is 2. The largest absolute Gasteiger partial charge is 0.497 e. The molecule has 0 radical (unpaired) electrons. The van der Waals surface area contributed by atoms with E-state index in [0.29, 0.717) is 34.1 Å². The van der Waals surface area contributed by atoms with E-state index < -0.39 is 18.0 Å². The molecular weight excluding hydrogens is 388 g/mol. The molecule has 0 saturated heterocycles. The molecule has 158 valence electrons. The molecule has 0 aromatic heterocycles. The Morgan fingerprint density at radius 3 is 2.33 bits per heavy atom. The molecule has 0 fully saturated rings. The van der Waals surface area contributed by atoms with Gasteiger partial charge in [0.1, 0.15) is 5.75 Å². The van der Waals surface area contributed by atoms with Gasteiger partial charge in [-0.05, 0) is 42.8 Å². The fourth-order valence-corrected chi connectivity index (χ4v) is 3.35. The predicted octanol–water partition coefficient (Wildman–Crippen LogP) is 3.04. The van der Waals surface area contributed by atoms with Gasteiger partial charge in [0, 0.05) is 5.56 Å². The molecule has 8 nitrogen and oxygen atoms in total. The van der Waals surface area contributed by atoms with E-state index in [9.17, 15) is 9.59 Å². The number of benzene rings is 2. The van der Waals surface area contributed by atoms with Gasteiger partial charge in [-0.3, -0.25) is 0 Å². The zero-order valence-corrected chi connectivity index (χ0v) is 17.3. The van der Waals surface area contributed by atoms with Gasteiger partial charge in [0.25, 0.3) is 0 Å². The quantitative estimate of drug-likeness (QED) is 0.679. The van der Waals surface area contributed by atoms with E-state index in [1.165, 1.54) is 14.2 Å². The minimum absolute atomic E-state index is 0.189. The summed E-state index contributed by atoms with van der Waals surface area (Å²) < 4.78 is 21.4. The topological polar surface area (TPSA) is 95.1 Å². The van der Waals surface area contributed by atoms with Crippen LogP contribution in [0.2, 0.25) is 0 Å². The Balaban J connectivity index is 2.22. The average molecular weight is 412 g/mol. The highest BCUT2D eigenvalue weighted by molar-refractivity contribution is 6.04. The monoisotopic (exact) mass is 412 g/mol. The molecule has 0 bridgehead atoms. The number of hydrogen-bond acceptors (Lipinski definition) is 6. The normalized spacial score (nSPS) is 15.7. The standard InChI is InChI=1S/C22H24N2O6/c1-5-30-21(25)17-18(13-9-11-14(27-2)12-10-13)23-22(26)24-19(17)15-7-6-8-16(28-3)20(15)29-4/h6-12,19H,5H2,1-4H3,(H2,23,24,26). The number of nitrogens with one attached hydrogen (secondary N) is 2. The van der Waals surface area contributed by atoms with Crippen molar-refractivity contribution in [1.29, 1.82) is 0 Å². The first-order valence-electron chi connectivity index (χ1n) is 9.38. The van der Waals surface area contributed by atoms with Crippen LogP contribution in [0.4, 0.5) is 4.79 Å². The maximum atomic E-state index is 13.0. The maximum Gasteiger partial charge on any atom is 0.338 e. The van der Waals surface area contributed by atoms with Crippen LogP contribution in [0.25, 0.3) is 5.70 Å². The second-order valence-corrected chi connectivity index (χ2v) is 6.35. The van der Waals surface area contributed by atoms with Gasteiger partial charge in [-0.1, -0.05) is 12.1 Å². The molecule has 1 unspecified atom stereocenters. The number of urea groups is 1. The number of rotatable bonds is 7. The van der Waals surface area contributed by atoms with Crippen molar-refractivity contribution in [3.63, 3.8) is 0 Å². The molecule has 0 spiro atoms. The van der Waals surface area contributed by atoms with Gasteiger partial charge in [0.15, 0.2) is 11.5 Å². The minimum Gasteiger partial charge on any atom is -0.497 e. The Kier molecular flexibility index (Phi) is 6.46. The van der Waals surface area contributed by atoms with Gasteiger partial charge in [-0.15, -0.1) is 0 Å². The van der Waals surface area contributed by atoms with Gasteiger partial charge in [0.05, 0.1) is 45.2 Å². The second kappa shape index (κ2) is 9.21. The van der Waals surface area contributed by atoms with Crippen LogP contribution in [0.1, 0.15) is 24.1 Å². The molecule has 2 aromatic carbocycles. The number of amides is 2. The van der Waals surface area contributed by atoms with E-state index in [0.717, 1.165) is 0 Å². The lowest BCUT2D eigenvalue weighted by Crippen LogP contribution is -2.45. The van der Waals surface area contributed by atoms with Crippen LogP contribution >= 0.6 is 0 Å². The third-order valence-corrected chi connectivity index (χ3v) is 4.69. The highest BCUT2D eigenvalue weighted by Crippen LogP contribution is 2.40. The van der Waals surface area contributed by atoms with Gasteiger partial charge in [-0.2, -0.15) is 0 Å². The van der Waals surface area contributed by atoms with Crippen LogP contribution in [0.5, 0.6) is 17.2 Å². The third kappa shape index (κ3) is 4.03. The minimum atomic E-state index is -0.806. The Morgan fingerprint density at radius 2 is 1.73 bits per heavy atom. The van der Waals surface area contributed by atoms with E-state index in [4.69, 9.17) is 18.9 Å². The molecule has 30 heavy (non-hydrogen) atoms. The highest BCUT2D eigenvalue weighted by Gasteiger charge is 2.36. The first-order chi connectivity index (χ1) is 14.5. The molecule has 1 heterocycles. The molecule has 2 amide bonds. The lowest BCUT2D eigenvalue weighted by atomic mass is 9.92. The molecule has 1 aliphatic heterocycles. The van der Waals surface area contributed by atoms with Crippen molar-refractivity contribution >= 4 is 17.7 Å². The Bertz CT molecular complexity index is 968. The SMILES string of the molecule is CCOC(=O)C1=C(c2ccc(OC)cc2)NC(=O)NC1c1cccc(OC)c1OC. The summed E-state index contributed by atoms with van der Waals surface area (Å²) >= 11 is 0. The lowest BCUT2D eigenvalue weighted by molar-refractivity contribution is -0.138. The molecule has 3 rings (SSSR count). The summed E-state index contributed by atoms with van der Waals surface area (Å²) in [6.45, 7) is 1.91. The number of carbonyl (C=O) groups is 2. The molecule has 1 aliphatic rings. The van der Waals surface area contributed by atoms with Crippen molar-refractivity contribution in [2.24, 2.45) is 0 Å². The van der Waals surface area contributed by atoms with E-state index in [2.05, 4.69) is 10.6 Å². The Hall–Kier alpha value is -3.68. The zero-order valence-electron chi connectivity index (χ0n) is 17.3. The Labute approximate surface area is 174 Å². The van der Waals surface area contributed by atoms with Crippen molar-refractivity contribution < 1.29 is 28.5 Å². The van der Waals surface area contributed by atoms with E-state index in [1.54, 1.807) is 56.5 Å².